The number of aliphatic imine (C=N–C) groups is 1. The molecule has 0 aromatic heterocycles. The summed E-state index contributed by atoms with van der Waals surface area (Å²) in [5.74, 6) is -0.318. The van der Waals surface area contributed by atoms with E-state index in [4.69, 9.17) is 11.5 Å². The van der Waals surface area contributed by atoms with E-state index in [0.29, 0.717) is 11.3 Å². The molecule has 2 rings (SSSR count). The highest BCUT2D eigenvalue weighted by atomic mass is 32.2. The van der Waals surface area contributed by atoms with Gasteiger partial charge in [-0.3, -0.25) is 9.59 Å². The molecule has 0 saturated carbocycles. The third-order valence-corrected chi connectivity index (χ3v) is 4.31. The molecule has 0 spiro atoms. The summed E-state index contributed by atoms with van der Waals surface area (Å²) in [6.07, 6.45) is 0. The molecule has 0 radical (unpaired) electrons. The molecule has 0 atom stereocenters. The standard InChI is InChI=1S/C10H9N3O2S2/c11-10(12)13-9(15)5-1-2-6-7(3-5)17-8(14)4-16-6/h1-3H,4H2,(H4,11,12,13,15). The molecule has 0 bridgehead atoms. The number of guanidine groups is 1. The van der Waals surface area contributed by atoms with Crippen LogP contribution in [0.4, 0.5) is 0 Å². The molecule has 1 aromatic carbocycles. The zero-order chi connectivity index (χ0) is 12.4. The number of hydrogen-bond donors (Lipinski definition) is 2. The van der Waals surface area contributed by atoms with Crippen molar-refractivity contribution in [3.8, 4) is 0 Å². The van der Waals surface area contributed by atoms with Gasteiger partial charge in [-0.2, -0.15) is 4.99 Å². The van der Waals surface area contributed by atoms with Crippen LogP contribution in [-0.4, -0.2) is 22.7 Å². The number of nitrogens with two attached hydrogens (primary N) is 2. The molecule has 1 heterocycles. The van der Waals surface area contributed by atoms with E-state index >= 15 is 0 Å². The van der Waals surface area contributed by atoms with Crippen LogP contribution in [-0.2, 0) is 4.79 Å². The molecule has 4 N–H and O–H groups in total. The summed E-state index contributed by atoms with van der Waals surface area (Å²) in [5, 5.41) is 0.0777. The Bertz CT molecular complexity index is 524. The fraction of sp³-hybridized carbons (Fsp3) is 0.100. The first-order valence-electron chi connectivity index (χ1n) is 4.68. The van der Waals surface area contributed by atoms with E-state index in [9.17, 15) is 9.59 Å². The van der Waals surface area contributed by atoms with Gasteiger partial charge in [0.25, 0.3) is 5.91 Å². The predicted octanol–water partition coefficient (Wildman–Crippen LogP) is 0.825. The molecule has 0 aliphatic carbocycles. The first-order chi connectivity index (χ1) is 8.06. The lowest BCUT2D eigenvalue weighted by atomic mass is 10.2. The zero-order valence-electron chi connectivity index (χ0n) is 8.67. The second-order valence-electron chi connectivity index (χ2n) is 3.27. The first kappa shape index (κ1) is 12.0. The fourth-order valence-corrected chi connectivity index (χ4v) is 3.26. The van der Waals surface area contributed by atoms with Crippen molar-refractivity contribution >= 4 is 40.5 Å². The van der Waals surface area contributed by atoms with Crippen LogP contribution in [0.3, 0.4) is 0 Å². The van der Waals surface area contributed by atoms with Crippen molar-refractivity contribution in [3.63, 3.8) is 0 Å². The number of carbonyl (C=O) groups is 2. The van der Waals surface area contributed by atoms with Crippen LogP contribution in [0.2, 0.25) is 0 Å². The Balaban J connectivity index is 2.33. The number of fused-ring (bicyclic) bond motifs is 1. The molecule has 1 aromatic rings. The van der Waals surface area contributed by atoms with Crippen LogP contribution in [0.15, 0.2) is 33.0 Å². The van der Waals surface area contributed by atoms with Gasteiger partial charge in [0, 0.05) is 15.4 Å². The monoisotopic (exact) mass is 267 g/mol. The first-order valence-corrected chi connectivity index (χ1v) is 6.48. The van der Waals surface area contributed by atoms with Crippen LogP contribution in [0, 0.1) is 0 Å². The molecule has 5 nitrogen and oxygen atoms in total. The van der Waals surface area contributed by atoms with Gasteiger partial charge in [-0.05, 0) is 30.0 Å². The second-order valence-corrected chi connectivity index (χ2v) is 5.38. The Morgan fingerprint density at radius 1 is 1.29 bits per heavy atom. The quantitative estimate of drug-likeness (QED) is 0.577. The summed E-state index contributed by atoms with van der Waals surface area (Å²) in [5.41, 5.74) is 10.6. The van der Waals surface area contributed by atoms with Gasteiger partial charge >= 0.3 is 0 Å². The highest BCUT2D eigenvalue weighted by Gasteiger charge is 2.18. The molecule has 0 saturated heterocycles. The molecule has 7 heteroatoms. The lowest BCUT2D eigenvalue weighted by molar-refractivity contribution is -0.108. The lowest BCUT2D eigenvalue weighted by Crippen LogP contribution is -2.24. The Kier molecular flexibility index (Phi) is 3.39. The van der Waals surface area contributed by atoms with Gasteiger partial charge in [-0.1, -0.05) is 0 Å². The van der Waals surface area contributed by atoms with Gasteiger partial charge in [0.2, 0.25) is 5.12 Å². The van der Waals surface area contributed by atoms with Crippen molar-refractivity contribution < 1.29 is 9.59 Å². The number of amides is 1. The van der Waals surface area contributed by atoms with Crippen molar-refractivity contribution in [2.75, 3.05) is 5.75 Å². The van der Waals surface area contributed by atoms with Gasteiger partial charge in [0.05, 0.1) is 5.75 Å². The van der Waals surface area contributed by atoms with E-state index in [1.54, 1.807) is 18.2 Å². The fourth-order valence-electron chi connectivity index (χ4n) is 1.31. The van der Waals surface area contributed by atoms with E-state index in [1.165, 1.54) is 11.8 Å². The highest BCUT2D eigenvalue weighted by Crippen LogP contribution is 2.37. The summed E-state index contributed by atoms with van der Waals surface area (Å²) in [6.45, 7) is 0. The minimum atomic E-state index is -0.503. The van der Waals surface area contributed by atoms with Crippen LogP contribution >= 0.6 is 23.5 Å². The normalized spacial score (nSPS) is 14.0. The average molecular weight is 267 g/mol. The largest absolute Gasteiger partial charge is 0.370 e. The van der Waals surface area contributed by atoms with Crippen LogP contribution in [0.25, 0.3) is 0 Å². The maximum atomic E-state index is 11.6. The molecular formula is C10H9N3O2S2. The van der Waals surface area contributed by atoms with Gasteiger partial charge in [0.1, 0.15) is 0 Å². The van der Waals surface area contributed by atoms with Crippen molar-refractivity contribution in [2.24, 2.45) is 16.5 Å². The van der Waals surface area contributed by atoms with Gasteiger partial charge < -0.3 is 11.5 Å². The number of rotatable bonds is 1. The maximum Gasteiger partial charge on any atom is 0.280 e. The van der Waals surface area contributed by atoms with Crippen molar-refractivity contribution in [2.45, 2.75) is 9.79 Å². The van der Waals surface area contributed by atoms with E-state index in [1.807, 2.05) is 0 Å². The second kappa shape index (κ2) is 4.80. The molecule has 0 fully saturated rings. The predicted molar refractivity (Wildman–Crippen MR) is 68.2 cm³/mol. The molecule has 1 aliphatic heterocycles. The van der Waals surface area contributed by atoms with Crippen molar-refractivity contribution in [3.05, 3.63) is 23.8 Å². The zero-order valence-corrected chi connectivity index (χ0v) is 10.3. The molecule has 0 unspecified atom stereocenters. The van der Waals surface area contributed by atoms with E-state index in [-0.39, 0.29) is 11.1 Å². The van der Waals surface area contributed by atoms with Crippen LogP contribution < -0.4 is 11.5 Å². The van der Waals surface area contributed by atoms with Gasteiger partial charge in [-0.25, -0.2) is 0 Å². The number of thioether (sulfide) groups is 2. The Labute approximate surface area is 106 Å². The van der Waals surface area contributed by atoms with Crippen molar-refractivity contribution in [1.29, 1.82) is 0 Å². The van der Waals surface area contributed by atoms with E-state index in [2.05, 4.69) is 4.99 Å². The molecular weight excluding hydrogens is 258 g/mol. The Hall–Kier alpha value is -1.47. The maximum absolute atomic E-state index is 11.6. The Morgan fingerprint density at radius 2 is 2.06 bits per heavy atom. The average Bonchev–Trinajstić information content (AvgIpc) is 2.27. The summed E-state index contributed by atoms with van der Waals surface area (Å²) in [6, 6.07) is 5.09. The number of benzene rings is 1. The third kappa shape index (κ3) is 2.80. The topological polar surface area (TPSA) is 98.5 Å². The highest BCUT2D eigenvalue weighted by molar-refractivity contribution is 8.17. The van der Waals surface area contributed by atoms with Crippen LogP contribution in [0.1, 0.15) is 10.4 Å². The van der Waals surface area contributed by atoms with Gasteiger partial charge in [0.15, 0.2) is 5.96 Å². The number of carbonyl (C=O) groups excluding carboxylic acids is 2. The summed E-state index contributed by atoms with van der Waals surface area (Å²) < 4.78 is 0. The van der Waals surface area contributed by atoms with Crippen molar-refractivity contribution in [1.82, 2.24) is 0 Å². The van der Waals surface area contributed by atoms with Gasteiger partial charge in [-0.15, -0.1) is 11.8 Å². The number of nitrogens with zero attached hydrogens (tertiary/aromatic N) is 1. The smallest absolute Gasteiger partial charge is 0.280 e. The van der Waals surface area contributed by atoms with E-state index < -0.39 is 5.91 Å². The summed E-state index contributed by atoms with van der Waals surface area (Å²) in [4.78, 5) is 28.1. The van der Waals surface area contributed by atoms with Crippen LogP contribution in [0.5, 0.6) is 0 Å². The summed E-state index contributed by atoms with van der Waals surface area (Å²) >= 11 is 2.60. The Morgan fingerprint density at radius 3 is 2.76 bits per heavy atom. The molecule has 1 amide bonds. The summed E-state index contributed by atoms with van der Waals surface area (Å²) in [7, 11) is 0. The molecule has 1 aliphatic rings. The third-order valence-electron chi connectivity index (χ3n) is 1.99. The molecule has 17 heavy (non-hydrogen) atoms. The number of hydrogen-bond acceptors (Lipinski definition) is 4. The molecule has 88 valence electrons. The lowest BCUT2D eigenvalue weighted by Gasteiger charge is -2.13. The minimum Gasteiger partial charge on any atom is -0.370 e. The minimum absolute atomic E-state index is 0.0777. The SMILES string of the molecule is NC(N)=NC(=O)c1ccc2c(c1)SC(=O)CS2. The van der Waals surface area contributed by atoms with E-state index in [0.717, 1.165) is 21.6 Å².